The molecular formula is C17H21N3O3. The summed E-state index contributed by atoms with van der Waals surface area (Å²) >= 11 is 0. The second-order valence-corrected chi connectivity index (χ2v) is 5.63. The number of H-pyrrole nitrogens is 1. The third kappa shape index (κ3) is 3.37. The summed E-state index contributed by atoms with van der Waals surface area (Å²) < 4.78 is 11.2. The highest BCUT2D eigenvalue weighted by Crippen LogP contribution is 2.28. The van der Waals surface area contributed by atoms with Crippen molar-refractivity contribution >= 4 is 5.91 Å². The van der Waals surface area contributed by atoms with Crippen LogP contribution in [0.3, 0.4) is 0 Å². The number of aryl methyl sites for hydroxylation is 2. The van der Waals surface area contributed by atoms with Gasteiger partial charge in [0.15, 0.2) is 6.61 Å². The van der Waals surface area contributed by atoms with E-state index in [2.05, 4.69) is 10.2 Å². The van der Waals surface area contributed by atoms with E-state index in [0.29, 0.717) is 25.5 Å². The second-order valence-electron chi connectivity index (χ2n) is 5.63. The fourth-order valence-corrected chi connectivity index (χ4v) is 2.94. The van der Waals surface area contributed by atoms with E-state index in [-0.39, 0.29) is 18.6 Å². The first-order valence-electron chi connectivity index (χ1n) is 7.73. The molecule has 1 aliphatic rings. The van der Waals surface area contributed by atoms with Crippen molar-refractivity contribution in [2.75, 3.05) is 26.4 Å². The van der Waals surface area contributed by atoms with Crippen molar-refractivity contribution < 1.29 is 14.3 Å². The lowest BCUT2D eigenvalue weighted by Crippen LogP contribution is -2.45. The molecule has 0 bridgehead atoms. The maximum Gasteiger partial charge on any atom is 0.261 e. The summed E-state index contributed by atoms with van der Waals surface area (Å²) in [5, 5.41) is 7.21. The maximum absolute atomic E-state index is 12.6. The molecule has 0 radical (unpaired) electrons. The number of nitrogens with zero attached hydrogens (tertiary/aromatic N) is 2. The zero-order valence-corrected chi connectivity index (χ0v) is 13.4. The van der Waals surface area contributed by atoms with Crippen LogP contribution in [-0.2, 0) is 9.53 Å². The van der Waals surface area contributed by atoms with E-state index in [9.17, 15) is 4.79 Å². The predicted octanol–water partition coefficient (Wildman–Crippen LogP) is 2.01. The number of carbonyl (C=O) groups is 1. The summed E-state index contributed by atoms with van der Waals surface area (Å²) in [4.78, 5) is 14.4. The first-order chi connectivity index (χ1) is 11.2. The molecule has 1 amide bonds. The predicted molar refractivity (Wildman–Crippen MR) is 85.3 cm³/mol. The fraction of sp³-hybridized carbons (Fsp3) is 0.412. The number of aromatic amines is 1. The second kappa shape index (κ2) is 6.83. The van der Waals surface area contributed by atoms with Crippen LogP contribution in [0.4, 0.5) is 0 Å². The van der Waals surface area contributed by atoms with Gasteiger partial charge in [-0.3, -0.25) is 9.89 Å². The Balaban J connectivity index is 1.72. The molecule has 0 unspecified atom stereocenters. The van der Waals surface area contributed by atoms with Gasteiger partial charge in [-0.25, -0.2) is 0 Å². The summed E-state index contributed by atoms with van der Waals surface area (Å²) in [6.45, 7) is 5.52. The van der Waals surface area contributed by atoms with E-state index in [1.807, 2.05) is 49.1 Å². The number of hydrogen-bond donors (Lipinski definition) is 1. The Kier molecular flexibility index (Phi) is 4.62. The van der Waals surface area contributed by atoms with Crippen LogP contribution >= 0.6 is 0 Å². The Hall–Kier alpha value is -2.34. The number of hydrogen-bond acceptors (Lipinski definition) is 4. The van der Waals surface area contributed by atoms with Crippen LogP contribution in [0, 0.1) is 13.8 Å². The van der Waals surface area contributed by atoms with Crippen LogP contribution in [0.25, 0.3) is 0 Å². The van der Waals surface area contributed by atoms with Crippen LogP contribution < -0.4 is 4.74 Å². The number of rotatable bonds is 4. The Morgan fingerprint density at radius 3 is 2.87 bits per heavy atom. The van der Waals surface area contributed by atoms with Crippen molar-refractivity contribution in [3.05, 3.63) is 47.3 Å². The Labute approximate surface area is 135 Å². The number of morpholine rings is 1. The van der Waals surface area contributed by atoms with Gasteiger partial charge in [0.05, 0.1) is 24.9 Å². The third-order valence-electron chi connectivity index (χ3n) is 4.07. The fourth-order valence-electron chi connectivity index (χ4n) is 2.94. The molecule has 0 spiro atoms. The molecule has 23 heavy (non-hydrogen) atoms. The lowest BCUT2D eigenvalue weighted by molar-refractivity contribution is -0.142. The highest BCUT2D eigenvalue weighted by molar-refractivity contribution is 5.78. The molecule has 1 saturated heterocycles. The zero-order chi connectivity index (χ0) is 16.2. The molecule has 122 valence electrons. The molecule has 0 aliphatic carbocycles. The summed E-state index contributed by atoms with van der Waals surface area (Å²) in [7, 11) is 0. The van der Waals surface area contributed by atoms with Crippen molar-refractivity contribution in [1.29, 1.82) is 0 Å². The molecular weight excluding hydrogens is 294 g/mol. The molecule has 0 saturated carbocycles. The molecule has 1 N–H and O–H groups in total. The van der Waals surface area contributed by atoms with Crippen molar-refractivity contribution in [3.63, 3.8) is 0 Å². The molecule has 6 nitrogen and oxygen atoms in total. The first kappa shape index (κ1) is 15.6. The van der Waals surface area contributed by atoms with Crippen molar-refractivity contribution in [2.45, 2.75) is 19.9 Å². The molecule has 1 aromatic carbocycles. The SMILES string of the molecule is Cc1n[nH]c(C)c1[C@H]1COCCN1C(=O)COc1ccccc1. The van der Waals surface area contributed by atoms with Gasteiger partial charge in [0.1, 0.15) is 5.75 Å². The molecule has 2 heterocycles. The third-order valence-corrected chi connectivity index (χ3v) is 4.07. The monoisotopic (exact) mass is 315 g/mol. The Bertz CT molecular complexity index is 649. The Morgan fingerprint density at radius 1 is 1.39 bits per heavy atom. The van der Waals surface area contributed by atoms with E-state index in [1.54, 1.807) is 0 Å². The van der Waals surface area contributed by atoms with E-state index < -0.39 is 0 Å². The number of ether oxygens (including phenoxy) is 2. The van der Waals surface area contributed by atoms with E-state index in [4.69, 9.17) is 9.47 Å². The average molecular weight is 315 g/mol. The van der Waals surface area contributed by atoms with Crippen molar-refractivity contribution in [2.24, 2.45) is 0 Å². The highest BCUT2D eigenvalue weighted by atomic mass is 16.5. The number of carbonyl (C=O) groups excluding carboxylic acids is 1. The van der Waals surface area contributed by atoms with Crippen LogP contribution in [0.5, 0.6) is 5.75 Å². The van der Waals surface area contributed by atoms with Gasteiger partial charge in [-0.15, -0.1) is 0 Å². The van der Waals surface area contributed by atoms with Gasteiger partial charge in [0, 0.05) is 17.8 Å². The van der Waals surface area contributed by atoms with Crippen LogP contribution in [0.15, 0.2) is 30.3 Å². The van der Waals surface area contributed by atoms with E-state index in [0.717, 1.165) is 17.0 Å². The van der Waals surface area contributed by atoms with Gasteiger partial charge in [-0.05, 0) is 26.0 Å². The number of amides is 1. The standard InChI is InChI=1S/C17H21N3O3/c1-12-17(13(2)19-18-12)15-10-22-9-8-20(15)16(21)11-23-14-6-4-3-5-7-14/h3-7,15H,8-11H2,1-2H3,(H,18,19)/t15-/m1/s1. The van der Waals surface area contributed by atoms with Gasteiger partial charge in [-0.1, -0.05) is 18.2 Å². The highest BCUT2D eigenvalue weighted by Gasteiger charge is 2.31. The van der Waals surface area contributed by atoms with Gasteiger partial charge in [0.2, 0.25) is 0 Å². The summed E-state index contributed by atoms with van der Waals surface area (Å²) in [5.74, 6) is 0.656. The van der Waals surface area contributed by atoms with Gasteiger partial charge < -0.3 is 14.4 Å². The minimum Gasteiger partial charge on any atom is -0.484 e. The van der Waals surface area contributed by atoms with Gasteiger partial charge in [-0.2, -0.15) is 5.10 Å². The number of para-hydroxylation sites is 1. The van der Waals surface area contributed by atoms with Gasteiger partial charge >= 0.3 is 0 Å². The zero-order valence-electron chi connectivity index (χ0n) is 13.4. The topological polar surface area (TPSA) is 67.5 Å². The molecule has 3 rings (SSSR count). The molecule has 6 heteroatoms. The lowest BCUT2D eigenvalue weighted by atomic mass is 10.0. The summed E-state index contributed by atoms with van der Waals surface area (Å²) in [5.41, 5.74) is 2.91. The number of nitrogens with one attached hydrogen (secondary N) is 1. The largest absolute Gasteiger partial charge is 0.484 e. The smallest absolute Gasteiger partial charge is 0.261 e. The van der Waals surface area contributed by atoms with Crippen molar-refractivity contribution in [1.82, 2.24) is 15.1 Å². The molecule has 1 fully saturated rings. The first-order valence-corrected chi connectivity index (χ1v) is 7.73. The minimum atomic E-state index is -0.116. The summed E-state index contributed by atoms with van der Waals surface area (Å²) in [6.07, 6.45) is 0. The molecule has 1 aliphatic heterocycles. The van der Waals surface area contributed by atoms with Gasteiger partial charge in [0.25, 0.3) is 5.91 Å². The maximum atomic E-state index is 12.6. The van der Waals surface area contributed by atoms with E-state index >= 15 is 0 Å². The summed E-state index contributed by atoms with van der Waals surface area (Å²) in [6, 6.07) is 9.25. The average Bonchev–Trinajstić information content (AvgIpc) is 2.92. The van der Waals surface area contributed by atoms with Crippen molar-refractivity contribution in [3.8, 4) is 5.75 Å². The van der Waals surface area contributed by atoms with E-state index in [1.165, 1.54) is 0 Å². The van der Waals surface area contributed by atoms with Crippen LogP contribution in [0.2, 0.25) is 0 Å². The number of benzene rings is 1. The quantitative estimate of drug-likeness (QED) is 0.937. The minimum absolute atomic E-state index is 0.0243. The molecule has 2 aromatic rings. The molecule has 1 aromatic heterocycles. The number of aromatic nitrogens is 2. The normalized spacial score (nSPS) is 18.0. The lowest BCUT2D eigenvalue weighted by Gasteiger charge is -2.36. The molecule has 1 atom stereocenters. The van der Waals surface area contributed by atoms with Crippen LogP contribution in [-0.4, -0.2) is 47.4 Å². The Morgan fingerprint density at radius 2 is 2.17 bits per heavy atom. The van der Waals surface area contributed by atoms with Crippen LogP contribution in [0.1, 0.15) is 23.0 Å².